The maximum absolute atomic E-state index is 10.6. The molecule has 6 nitrogen and oxygen atoms in total. The molecule has 2 N–H and O–H groups in total. The first-order valence-electron chi connectivity index (χ1n) is 3.98. The summed E-state index contributed by atoms with van der Waals surface area (Å²) >= 11 is 5.42. The van der Waals surface area contributed by atoms with Gasteiger partial charge in [-0.05, 0) is 4.91 Å². The van der Waals surface area contributed by atoms with Crippen molar-refractivity contribution in [1.82, 2.24) is 9.55 Å². The van der Waals surface area contributed by atoms with E-state index in [-0.39, 0.29) is 23.2 Å². The Morgan fingerprint density at radius 3 is 2.93 bits per heavy atom. The van der Waals surface area contributed by atoms with Gasteiger partial charge >= 0.3 is 5.82 Å². The molecule has 1 aromatic rings. The zero-order valence-corrected chi connectivity index (χ0v) is 8.35. The molecule has 7 heteroatoms. The lowest BCUT2D eigenvalue weighted by atomic mass is 10.4. The number of aromatic nitrogens is 2. The van der Waals surface area contributed by atoms with Crippen LogP contribution in [0, 0.1) is 11.8 Å². The second-order valence-electron chi connectivity index (χ2n) is 2.86. The number of nitrogens with zero attached hydrogens (tertiary/aromatic N) is 3. The molecular formula is C7H11ClN3O3+. The zero-order chi connectivity index (χ0) is 10.7. The number of aliphatic hydroxyl groups excluding tert-OH is 1. The normalized spacial score (nSPS) is 12.8. The summed E-state index contributed by atoms with van der Waals surface area (Å²) in [6.07, 6.45) is 0.451. The van der Waals surface area contributed by atoms with Crippen molar-refractivity contribution in [2.75, 3.05) is 5.88 Å². The molecule has 0 saturated heterocycles. The van der Waals surface area contributed by atoms with E-state index in [0.717, 1.165) is 0 Å². The summed E-state index contributed by atoms with van der Waals surface area (Å²) in [5, 5.41) is 18.0. The van der Waals surface area contributed by atoms with E-state index in [1.165, 1.54) is 10.8 Å². The van der Waals surface area contributed by atoms with E-state index in [0.29, 0.717) is 5.82 Å². The van der Waals surface area contributed by atoms with Crippen LogP contribution in [-0.2, 0) is 6.54 Å². The van der Waals surface area contributed by atoms with Crippen LogP contribution in [0.25, 0.3) is 0 Å². The smallest absolute Gasteiger partial charge is 0.388 e. The number of aryl methyl sites for hydroxylation is 1. The molecule has 0 aliphatic carbocycles. The highest BCUT2D eigenvalue weighted by Crippen LogP contribution is 2.13. The molecule has 0 aromatic carbocycles. The Labute approximate surface area is 85.3 Å². The zero-order valence-electron chi connectivity index (χ0n) is 7.59. The third kappa shape index (κ3) is 2.21. The molecule has 0 aliphatic heterocycles. The first-order chi connectivity index (χ1) is 6.56. The van der Waals surface area contributed by atoms with Crippen LogP contribution < -0.4 is 0 Å². The second kappa shape index (κ2) is 4.39. The van der Waals surface area contributed by atoms with Crippen LogP contribution in [0.3, 0.4) is 0 Å². The molecule has 0 saturated carbocycles. The Morgan fingerprint density at radius 2 is 2.43 bits per heavy atom. The predicted octanol–water partition coefficient (Wildman–Crippen LogP) is 0.591. The van der Waals surface area contributed by atoms with E-state index in [1.54, 1.807) is 6.92 Å². The molecule has 78 valence electrons. The van der Waals surface area contributed by atoms with E-state index in [9.17, 15) is 10.0 Å². The maximum atomic E-state index is 10.6. The number of rotatable bonds is 4. The molecule has 1 heterocycles. The molecule has 0 fully saturated rings. The highest BCUT2D eigenvalue weighted by atomic mass is 35.5. The molecular weight excluding hydrogens is 210 g/mol. The van der Waals surface area contributed by atoms with Gasteiger partial charge in [0.05, 0.1) is 5.88 Å². The topological polar surface area (TPSA) is 78.4 Å². The van der Waals surface area contributed by atoms with Crippen LogP contribution in [0.15, 0.2) is 6.20 Å². The Balaban J connectivity index is 2.93. The average Bonchev–Trinajstić information content (AvgIpc) is 2.48. The molecule has 1 atom stereocenters. The van der Waals surface area contributed by atoms with Crippen LogP contribution >= 0.6 is 11.6 Å². The van der Waals surface area contributed by atoms with Crippen molar-refractivity contribution in [2.24, 2.45) is 0 Å². The minimum Gasteiger partial charge on any atom is -0.388 e. The van der Waals surface area contributed by atoms with Gasteiger partial charge in [-0.3, -0.25) is 0 Å². The van der Waals surface area contributed by atoms with Gasteiger partial charge in [-0.25, -0.2) is 9.55 Å². The minimum absolute atomic E-state index is 0.0216. The summed E-state index contributed by atoms with van der Waals surface area (Å²) in [5.74, 6) is 0.562. The Bertz CT molecular complexity index is 339. The summed E-state index contributed by atoms with van der Waals surface area (Å²) in [6.45, 7) is 1.79. The standard InChI is InChI=1S/C7H11ClN3O3/c1-5-9-3-7(11(13)14)10(5)4-6(12)2-8/h3,6,12H,2,4H2,1H3,(H,13,14)/q+1/t6-/m0/s1. The predicted molar refractivity (Wildman–Crippen MR) is 48.8 cm³/mol. The lowest BCUT2D eigenvalue weighted by Crippen LogP contribution is -2.19. The molecule has 0 spiro atoms. The van der Waals surface area contributed by atoms with Crippen LogP contribution in [0.1, 0.15) is 5.82 Å². The number of hydrogen-bond donors (Lipinski definition) is 2. The lowest BCUT2D eigenvalue weighted by molar-refractivity contribution is -0.733. The number of imidazole rings is 1. The summed E-state index contributed by atoms with van der Waals surface area (Å²) in [5.41, 5.74) is 0. The molecule has 0 radical (unpaired) electrons. The highest BCUT2D eigenvalue weighted by molar-refractivity contribution is 6.18. The van der Waals surface area contributed by atoms with Gasteiger partial charge in [0.1, 0.15) is 18.8 Å². The summed E-state index contributed by atoms with van der Waals surface area (Å²) in [7, 11) is 0. The molecule has 0 aliphatic rings. The van der Waals surface area contributed by atoms with Crippen LogP contribution in [0.5, 0.6) is 0 Å². The fourth-order valence-electron chi connectivity index (χ4n) is 1.09. The Kier molecular flexibility index (Phi) is 3.43. The third-order valence-corrected chi connectivity index (χ3v) is 2.16. The van der Waals surface area contributed by atoms with Crippen molar-refractivity contribution in [1.29, 1.82) is 0 Å². The van der Waals surface area contributed by atoms with Crippen molar-refractivity contribution < 1.29 is 15.2 Å². The monoisotopic (exact) mass is 220 g/mol. The second-order valence-corrected chi connectivity index (χ2v) is 3.16. The quantitative estimate of drug-likeness (QED) is 0.575. The van der Waals surface area contributed by atoms with E-state index in [2.05, 4.69) is 4.98 Å². The third-order valence-electron chi connectivity index (χ3n) is 1.80. The Morgan fingerprint density at radius 1 is 1.79 bits per heavy atom. The summed E-state index contributed by atoms with van der Waals surface area (Å²) in [6, 6.07) is 0. The van der Waals surface area contributed by atoms with E-state index >= 15 is 0 Å². The largest absolute Gasteiger partial charge is 0.388 e. The highest BCUT2D eigenvalue weighted by Gasteiger charge is 2.22. The van der Waals surface area contributed by atoms with Crippen molar-refractivity contribution in [3.63, 3.8) is 0 Å². The molecule has 1 rings (SSSR count). The fourth-order valence-corrected chi connectivity index (χ4v) is 1.19. The van der Waals surface area contributed by atoms with Crippen molar-refractivity contribution in [2.45, 2.75) is 19.6 Å². The van der Waals surface area contributed by atoms with Crippen molar-refractivity contribution in [3.8, 4) is 0 Å². The average molecular weight is 221 g/mol. The first kappa shape index (κ1) is 10.9. The number of halogens is 1. The van der Waals surface area contributed by atoms with Gasteiger partial charge in [-0.2, -0.15) is 0 Å². The fraction of sp³-hybridized carbons (Fsp3) is 0.571. The maximum Gasteiger partial charge on any atom is 0.388 e. The summed E-state index contributed by atoms with van der Waals surface area (Å²) < 4.78 is 1.39. The number of alkyl halides is 1. The van der Waals surface area contributed by atoms with Gasteiger partial charge in [0.15, 0.2) is 10.7 Å². The van der Waals surface area contributed by atoms with Crippen LogP contribution in [-0.4, -0.2) is 36.8 Å². The number of aliphatic hydroxyl groups is 1. The molecule has 0 unspecified atom stereocenters. The van der Waals surface area contributed by atoms with Crippen molar-refractivity contribution in [3.05, 3.63) is 16.9 Å². The number of hydrogen-bond acceptors (Lipinski definition) is 3. The van der Waals surface area contributed by atoms with E-state index in [1.807, 2.05) is 0 Å². The lowest BCUT2D eigenvalue weighted by Gasteiger charge is -2.04. The van der Waals surface area contributed by atoms with Crippen LogP contribution in [0.4, 0.5) is 5.82 Å². The van der Waals surface area contributed by atoms with E-state index in [4.69, 9.17) is 16.8 Å². The summed E-state index contributed by atoms with van der Waals surface area (Å²) in [4.78, 5) is 14.2. The van der Waals surface area contributed by atoms with Gasteiger partial charge in [-0.15, -0.1) is 11.6 Å². The molecule has 1 aromatic heterocycles. The molecule has 14 heavy (non-hydrogen) atoms. The first-order valence-corrected chi connectivity index (χ1v) is 4.52. The SMILES string of the molecule is Cc1ncc([N+](=O)O)n1C[C@@H](O)CCl. The van der Waals surface area contributed by atoms with E-state index < -0.39 is 6.10 Å². The van der Waals surface area contributed by atoms with Crippen molar-refractivity contribution >= 4 is 17.4 Å². The minimum atomic E-state index is -0.775. The van der Waals surface area contributed by atoms with Gasteiger partial charge in [0.2, 0.25) is 0 Å². The van der Waals surface area contributed by atoms with Gasteiger partial charge in [0, 0.05) is 6.92 Å². The molecule has 0 amide bonds. The van der Waals surface area contributed by atoms with Gasteiger partial charge in [0.25, 0.3) is 0 Å². The van der Waals surface area contributed by atoms with Gasteiger partial charge in [-0.1, -0.05) is 0 Å². The van der Waals surface area contributed by atoms with Gasteiger partial charge < -0.3 is 10.3 Å². The Hall–Kier alpha value is -1.14. The van der Waals surface area contributed by atoms with Crippen LogP contribution in [0.2, 0.25) is 0 Å². The molecule has 0 bridgehead atoms.